The lowest BCUT2D eigenvalue weighted by molar-refractivity contribution is 0.123. The molecule has 0 bridgehead atoms. The summed E-state index contributed by atoms with van der Waals surface area (Å²) in [4.78, 5) is 0. The van der Waals surface area contributed by atoms with E-state index >= 15 is 0 Å². The first-order chi connectivity index (χ1) is 8.26. The van der Waals surface area contributed by atoms with Crippen molar-refractivity contribution in [3.8, 4) is 0 Å². The molecule has 0 aliphatic carbocycles. The van der Waals surface area contributed by atoms with E-state index in [4.69, 9.17) is 4.74 Å². The smallest absolute Gasteiger partial charge is 0.0469 e. The molecule has 96 valence electrons. The van der Waals surface area contributed by atoms with Gasteiger partial charge in [-0.3, -0.25) is 0 Å². The van der Waals surface area contributed by atoms with Crippen molar-refractivity contribution in [3.05, 3.63) is 35.4 Å². The Labute approximate surface area is 114 Å². The van der Waals surface area contributed by atoms with Crippen LogP contribution in [0.1, 0.15) is 30.9 Å². The van der Waals surface area contributed by atoms with Crippen molar-refractivity contribution < 1.29 is 4.74 Å². The van der Waals surface area contributed by atoms with Gasteiger partial charge in [0.2, 0.25) is 0 Å². The van der Waals surface area contributed by atoms with Crippen LogP contribution in [0.5, 0.6) is 0 Å². The van der Waals surface area contributed by atoms with Gasteiger partial charge >= 0.3 is 0 Å². The second kappa shape index (κ2) is 8.71. The van der Waals surface area contributed by atoms with Gasteiger partial charge in [0, 0.05) is 18.5 Å². The molecule has 0 saturated carbocycles. The maximum Gasteiger partial charge on any atom is 0.0469 e. The van der Waals surface area contributed by atoms with Gasteiger partial charge in [0.25, 0.3) is 0 Å². The summed E-state index contributed by atoms with van der Waals surface area (Å²) in [6.07, 6.45) is 3.39. The Morgan fingerprint density at radius 1 is 1.29 bits per heavy atom. The topological polar surface area (TPSA) is 9.23 Å². The van der Waals surface area contributed by atoms with Crippen LogP contribution in [0.25, 0.3) is 0 Å². The molecule has 0 spiro atoms. The van der Waals surface area contributed by atoms with Crippen molar-refractivity contribution in [2.45, 2.75) is 33.1 Å². The minimum atomic E-state index is 0.675. The highest BCUT2D eigenvalue weighted by molar-refractivity contribution is 9.09. The molecule has 0 aliphatic heterocycles. The average molecular weight is 299 g/mol. The first-order valence-electron chi connectivity index (χ1n) is 6.45. The fourth-order valence-corrected chi connectivity index (χ4v) is 2.46. The van der Waals surface area contributed by atoms with Gasteiger partial charge in [0.05, 0.1) is 0 Å². The largest absolute Gasteiger partial charge is 0.381 e. The number of rotatable bonds is 8. The number of hydrogen-bond donors (Lipinski definition) is 0. The molecule has 2 heteroatoms. The number of benzene rings is 1. The lowest BCUT2D eigenvalue weighted by Gasteiger charge is -2.14. The van der Waals surface area contributed by atoms with E-state index in [-0.39, 0.29) is 0 Å². The molecule has 0 aliphatic rings. The van der Waals surface area contributed by atoms with Gasteiger partial charge in [0.1, 0.15) is 0 Å². The fourth-order valence-electron chi connectivity index (χ4n) is 1.90. The predicted octanol–water partition coefficient (Wildman–Crippen LogP) is 4.37. The molecule has 1 atom stereocenters. The number of aryl methyl sites for hydroxylation is 1. The van der Waals surface area contributed by atoms with Gasteiger partial charge in [-0.15, -0.1) is 0 Å². The van der Waals surface area contributed by atoms with Gasteiger partial charge in [-0.2, -0.15) is 0 Å². The van der Waals surface area contributed by atoms with Gasteiger partial charge in [0.15, 0.2) is 0 Å². The summed E-state index contributed by atoms with van der Waals surface area (Å²) in [5, 5.41) is 1.05. The molecular formula is C15H23BrO. The molecule has 1 nitrogen and oxygen atoms in total. The second-order valence-corrected chi connectivity index (χ2v) is 5.26. The number of ether oxygens (including phenoxy) is 1. The zero-order valence-electron chi connectivity index (χ0n) is 10.9. The molecule has 1 rings (SSSR count). The molecule has 0 fully saturated rings. The SMILES string of the molecule is CCCOCCC(CBr)Cc1cccc(C)c1. The van der Waals surface area contributed by atoms with Crippen LogP contribution in [0.3, 0.4) is 0 Å². The third kappa shape index (κ3) is 6.23. The van der Waals surface area contributed by atoms with Crippen LogP contribution in [-0.4, -0.2) is 18.5 Å². The zero-order valence-corrected chi connectivity index (χ0v) is 12.5. The Kier molecular flexibility index (Phi) is 7.54. The van der Waals surface area contributed by atoms with E-state index < -0.39 is 0 Å². The Bertz CT molecular complexity index is 312. The molecule has 1 aromatic rings. The van der Waals surface area contributed by atoms with E-state index in [0.717, 1.165) is 37.8 Å². The van der Waals surface area contributed by atoms with Crippen LogP contribution in [0.2, 0.25) is 0 Å². The first kappa shape index (κ1) is 14.7. The monoisotopic (exact) mass is 298 g/mol. The van der Waals surface area contributed by atoms with E-state index in [1.165, 1.54) is 11.1 Å². The van der Waals surface area contributed by atoms with Crippen LogP contribution in [-0.2, 0) is 11.2 Å². The second-order valence-electron chi connectivity index (χ2n) is 4.61. The highest BCUT2D eigenvalue weighted by Gasteiger charge is 2.08. The van der Waals surface area contributed by atoms with Crippen molar-refractivity contribution in [3.63, 3.8) is 0 Å². The highest BCUT2D eigenvalue weighted by Crippen LogP contribution is 2.16. The average Bonchev–Trinajstić information content (AvgIpc) is 2.33. The molecule has 0 amide bonds. The lowest BCUT2D eigenvalue weighted by Crippen LogP contribution is -2.10. The van der Waals surface area contributed by atoms with E-state index in [0.29, 0.717) is 5.92 Å². The van der Waals surface area contributed by atoms with Crippen LogP contribution < -0.4 is 0 Å². The summed E-state index contributed by atoms with van der Waals surface area (Å²) >= 11 is 3.61. The van der Waals surface area contributed by atoms with E-state index in [1.54, 1.807) is 0 Å². The van der Waals surface area contributed by atoms with Crippen molar-refractivity contribution in [1.29, 1.82) is 0 Å². The quantitative estimate of drug-likeness (QED) is 0.512. The van der Waals surface area contributed by atoms with Crippen LogP contribution >= 0.6 is 15.9 Å². The molecule has 1 unspecified atom stereocenters. The van der Waals surface area contributed by atoms with Crippen molar-refractivity contribution in [1.82, 2.24) is 0 Å². The number of alkyl halides is 1. The van der Waals surface area contributed by atoms with Crippen LogP contribution in [0, 0.1) is 12.8 Å². The Balaban J connectivity index is 2.35. The third-order valence-corrected chi connectivity index (χ3v) is 3.76. The van der Waals surface area contributed by atoms with Gasteiger partial charge < -0.3 is 4.74 Å². The summed E-state index contributed by atoms with van der Waals surface area (Å²) in [5.41, 5.74) is 2.78. The molecular weight excluding hydrogens is 276 g/mol. The lowest BCUT2D eigenvalue weighted by atomic mass is 9.97. The fraction of sp³-hybridized carbons (Fsp3) is 0.600. The van der Waals surface area contributed by atoms with Crippen LogP contribution in [0.4, 0.5) is 0 Å². The molecule has 0 heterocycles. The molecule has 0 saturated heterocycles. The van der Waals surface area contributed by atoms with E-state index in [9.17, 15) is 0 Å². The van der Waals surface area contributed by atoms with Gasteiger partial charge in [-0.1, -0.05) is 52.7 Å². The van der Waals surface area contributed by atoms with Crippen LogP contribution in [0.15, 0.2) is 24.3 Å². The van der Waals surface area contributed by atoms with Gasteiger partial charge in [-0.05, 0) is 37.7 Å². The minimum absolute atomic E-state index is 0.675. The van der Waals surface area contributed by atoms with E-state index in [1.807, 2.05) is 0 Å². The summed E-state index contributed by atoms with van der Waals surface area (Å²) in [5.74, 6) is 0.675. The number of halogens is 1. The number of hydrogen-bond acceptors (Lipinski definition) is 1. The Hall–Kier alpha value is -0.340. The summed E-state index contributed by atoms with van der Waals surface area (Å²) in [6, 6.07) is 8.79. The Morgan fingerprint density at radius 2 is 2.12 bits per heavy atom. The Morgan fingerprint density at radius 3 is 2.76 bits per heavy atom. The maximum atomic E-state index is 5.56. The first-order valence-corrected chi connectivity index (χ1v) is 7.57. The van der Waals surface area contributed by atoms with Crippen molar-refractivity contribution in [2.75, 3.05) is 18.5 Å². The van der Waals surface area contributed by atoms with Crippen molar-refractivity contribution in [2.24, 2.45) is 5.92 Å². The minimum Gasteiger partial charge on any atom is -0.381 e. The molecule has 0 radical (unpaired) electrons. The maximum absolute atomic E-state index is 5.56. The third-order valence-electron chi connectivity index (χ3n) is 2.84. The molecule has 1 aromatic carbocycles. The van der Waals surface area contributed by atoms with Gasteiger partial charge in [-0.25, -0.2) is 0 Å². The molecule has 0 aromatic heterocycles. The van der Waals surface area contributed by atoms with E-state index in [2.05, 4.69) is 54.0 Å². The summed E-state index contributed by atoms with van der Waals surface area (Å²) < 4.78 is 5.56. The summed E-state index contributed by atoms with van der Waals surface area (Å²) in [6.45, 7) is 6.07. The van der Waals surface area contributed by atoms with Crippen molar-refractivity contribution >= 4 is 15.9 Å². The predicted molar refractivity (Wildman–Crippen MR) is 77.9 cm³/mol. The zero-order chi connectivity index (χ0) is 12.5. The molecule has 0 N–H and O–H groups in total. The normalized spacial score (nSPS) is 12.6. The highest BCUT2D eigenvalue weighted by atomic mass is 79.9. The standard InChI is InChI=1S/C15H23BrO/c1-3-8-17-9-7-15(12-16)11-14-6-4-5-13(2)10-14/h4-6,10,15H,3,7-9,11-12H2,1-2H3. The molecule has 17 heavy (non-hydrogen) atoms. The summed E-state index contributed by atoms with van der Waals surface area (Å²) in [7, 11) is 0.